The third-order valence-electron chi connectivity index (χ3n) is 3.67. The van der Waals surface area contributed by atoms with Crippen molar-refractivity contribution in [3.63, 3.8) is 0 Å². The lowest BCUT2D eigenvalue weighted by Crippen LogP contribution is -2.05. The zero-order valence-corrected chi connectivity index (χ0v) is 12.9. The molecule has 2 heteroatoms. The van der Waals surface area contributed by atoms with Gasteiger partial charge in [-0.2, -0.15) is 0 Å². The highest BCUT2D eigenvalue weighted by Gasteiger charge is 2.13. The van der Waals surface area contributed by atoms with E-state index in [2.05, 4.69) is 43.1 Å². The first kappa shape index (κ1) is 14.3. The molecule has 1 heterocycles. The average molecular weight is 289 g/mol. The fourth-order valence-electron chi connectivity index (χ4n) is 2.49. The Morgan fingerprint density at radius 2 is 1.59 bits per heavy atom. The first-order valence-corrected chi connectivity index (χ1v) is 7.48. The van der Waals surface area contributed by atoms with Crippen molar-refractivity contribution in [3.8, 4) is 17.0 Å². The Morgan fingerprint density at radius 3 is 2.32 bits per heavy atom. The predicted octanol–water partition coefficient (Wildman–Crippen LogP) is 5.20. The number of hydrogen-bond acceptors (Lipinski definition) is 2. The van der Waals surface area contributed by atoms with Crippen molar-refractivity contribution in [2.75, 3.05) is 0 Å². The van der Waals surface area contributed by atoms with E-state index < -0.39 is 0 Å². The van der Waals surface area contributed by atoms with Gasteiger partial charge in [0.1, 0.15) is 11.9 Å². The summed E-state index contributed by atoms with van der Waals surface area (Å²) in [5.41, 5.74) is 4.45. The highest BCUT2D eigenvalue weighted by molar-refractivity contribution is 5.64. The summed E-state index contributed by atoms with van der Waals surface area (Å²) in [7, 11) is 0. The van der Waals surface area contributed by atoms with Gasteiger partial charge in [0.25, 0.3) is 0 Å². The second-order valence-electron chi connectivity index (χ2n) is 5.38. The zero-order valence-electron chi connectivity index (χ0n) is 12.9. The summed E-state index contributed by atoms with van der Waals surface area (Å²) in [6.07, 6.45) is 1.78. The predicted molar refractivity (Wildman–Crippen MR) is 89.9 cm³/mol. The Hall–Kier alpha value is -2.61. The van der Waals surface area contributed by atoms with Gasteiger partial charge in [-0.1, -0.05) is 48.0 Å². The molecule has 0 amide bonds. The molecule has 1 unspecified atom stereocenters. The molecule has 3 rings (SSSR count). The van der Waals surface area contributed by atoms with Crippen LogP contribution in [0.15, 0.2) is 72.9 Å². The van der Waals surface area contributed by atoms with Crippen LogP contribution in [0.1, 0.15) is 24.2 Å². The number of ether oxygens (including phenoxy) is 1. The second-order valence-corrected chi connectivity index (χ2v) is 5.38. The highest BCUT2D eigenvalue weighted by atomic mass is 16.5. The van der Waals surface area contributed by atoms with Crippen molar-refractivity contribution < 1.29 is 4.74 Å². The molecule has 3 aromatic rings. The number of rotatable bonds is 4. The largest absolute Gasteiger partial charge is 0.486 e. The van der Waals surface area contributed by atoms with Gasteiger partial charge in [0.15, 0.2) is 0 Å². The summed E-state index contributed by atoms with van der Waals surface area (Å²) in [4.78, 5) is 4.46. The van der Waals surface area contributed by atoms with Gasteiger partial charge in [-0.15, -0.1) is 0 Å². The number of aromatic nitrogens is 1. The Kier molecular flexibility index (Phi) is 4.19. The quantitative estimate of drug-likeness (QED) is 0.659. The normalized spacial score (nSPS) is 11.9. The van der Waals surface area contributed by atoms with E-state index in [-0.39, 0.29) is 6.10 Å². The van der Waals surface area contributed by atoms with Gasteiger partial charge in [-0.3, -0.25) is 4.98 Å². The lowest BCUT2D eigenvalue weighted by molar-refractivity contribution is 0.227. The molecule has 0 saturated heterocycles. The van der Waals surface area contributed by atoms with E-state index in [4.69, 9.17) is 4.74 Å². The van der Waals surface area contributed by atoms with Crippen molar-refractivity contribution in [1.82, 2.24) is 4.98 Å². The Balaban J connectivity index is 1.90. The van der Waals surface area contributed by atoms with Crippen LogP contribution in [-0.4, -0.2) is 4.98 Å². The smallest absolute Gasteiger partial charge is 0.122 e. The van der Waals surface area contributed by atoms with E-state index in [0.29, 0.717) is 0 Å². The van der Waals surface area contributed by atoms with Crippen LogP contribution in [0.25, 0.3) is 11.3 Å². The molecule has 2 nitrogen and oxygen atoms in total. The second kappa shape index (κ2) is 6.44. The minimum absolute atomic E-state index is 0.0408. The SMILES string of the molecule is Cc1ccc(OC(C)c2ccccc2-c2ccccn2)cc1. The van der Waals surface area contributed by atoms with Crippen molar-refractivity contribution in [1.29, 1.82) is 0 Å². The van der Waals surface area contributed by atoms with Crippen LogP contribution >= 0.6 is 0 Å². The van der Waals surface area contributed by atoms with Crippen LogP contribution in [0.3, 0.4) is 0 Å². The monoisotopic (exact) mass is 289 g/mol. The third-order valence-corrected chi connectivity index (χ3v) is 3.67. The van der Waals surface area contributed by atoms with Crippen molar-refractivity contribution >= 4 is 0 Å². The van der Waals surface area contributed by atoms with E-state index >= 15 is 0 Å². The molecular weight excluding hydrogens is 270 g/mol. The molecule has 0 saturated carbocycles. The van der Waals surface area contributed by atoms with Crippen molar-refractivity contribution in [2.45, 2.75) is 20.0 Å². The van der Waals surface area contributed by atoms with Crippen molar-refractivity contribution in [2.24, 2.45) is 0 Å². The summed E-state index contributed by atoms with van der Waals surface area (Å²) >= 11 is 0. The first-order chi connectivity index (χ1) is 10.7. The summed E-state index contributed by atoms with van der Waals surface area (Å²) in [6, 6.07) is 22.4. The molecule has 0 N–H and O–H groups in total. The van der Waals surface area contributed by atoms with Crippen LogP contribution in [-0.2, 0) is 0 Å². The van der Waals surface area contributed by atoms with Gasteiger partial charge >= 0.3 is 0 Å². The molecule has 0 aliphatic carbocycles. The molecule has 0 radical (unpaired) electrons. The van der Waals surface area contributed by atoms with Gasteiger partial charge in [0, 0.05) is 17.3 Å². The molecule has 0 fully saturated rings. The minimum Gasteiger partial charge on any atom is -0.486 e. The fourth-order valence-corrected chi connectivity index (χ4v) is 2.49. The van der Waals surface area contributed by atoms with Gasteiger partial charge in [0.05, 0.1) is 5.69 Å². The topological polar surface area (TPSA) is 22.1 Å². The third kappa shape index (κ3) is 3.17. The minimum atomic E-state index is -0.0408. The molecule has 1 atom stereocenters. The molecule has 2 aromatic carbocycles. The van der Waals surface area contributed by atoms with E-state index in [1.165, 1.54) is 5.56 Å². The van der Waals surface area contributed by atoms with E-state index in [1.807, 2.05) is 48.7 Å². The molecule has 0 aliphatic heterocycles. The molecule has 0 bridgehead atoms. The van der Waals surface area contributed by atoms with Crippen LogP contribution in [0.2, 0.25) is 0 Å². The average Bonchev–Trinajstić information content (AvgIpc) is 2.58. The summed E-state index contributed by atoms with van der Waals surface area (Å²) in [5, 5.41) is 0. The molecule has 22 heavy (non-hydrogen) atoms. The molecule has 0 aliphatic rings. The zero-order chi connectivity index (χ0) is 15.4. The molecule has 1 aromatic heterocycles. The number of pyridine rings is 1. The van der Waals surface area contributed by atoms with Crippen LogP contribution in [0.5, 0.6) is 5.75 Å². The Morgan fingerprint density at radius 1 is 0.864 bits per heavy atom. The lowest BCUT2D eigenvalue weighted by Gasteiger charge is -2.18. The highest BCUT2D eigenvalue weighted by Crippen LogP contribution is 2.29. The van der Waals surface area contributed by atoms with Gasteiger partial charge in [-0.25, -0.2) is 0 Å². The Labute approximate surface area is 131 Å². The number of aryl methyl sites for hydroxylation is 1. The van der Waals surface area contributed by atoms with Gasteiger partial charge < -0.3 is 4.74 Å². The fraction of sp³-hybridized carbons (Fsp3) is 0.150. The van der Waals surface area contributed by atoms with Gasteiger partial charge in [0.2, 0.25) is 0 Å². The molecule has 0 spiro atoms. The maximum Gasteiger partial charge on any atom is 0.122 e. The van der Waals surface area contributed by atoms with E-state index in [9.17, 15) is 0 Å². The lowest BCUT2D eigenvalue weighted by atomic mass is 10.00. The maximum absolute atomic E-state index is 6.09. The Bertz CT molecular complexity index is 735. The van der Waals surface area contributed by atoms with E-state index in [0.717, 1.165) is 22.6 Å². The van der Waals surface area contributed by atoms with E-state index in [1.54, 1.807) is 0 Å². The van der Waals surface area contributed by atoms with Gasteiger partial charge in [-0.05, 0) is 38.1 Å². The maximum atomic E-state index is 6.09. The molecule has 110 valence electrons. The summed E-state index contributed by atoms with van der Waals surface area (Å²) < 4.78 is 6.09. The standard InChI is InChI=1S/C20H19NO/c1-15-10-12-17(13-11-15)22-16(2)18-7-3-4-8-19(18)20-9-5-6-14-21-20/h3-14,16H,1-2H3. The summed E-state index contributed by atoms with van der Waals surface area (Å²) in [5.74, 6) is 0.883. The summed E-state index contributed by atoms with van der Waals surface area (Å²) in [6.45, 7) is 4.14. The van der Waals surface area contributed by atoms with Crippen LogP contribution < -0.4 is 4.74 Å². The molecular formula is C20H19NO. The number of hydrogen-bond donors (Lipinski definition) is 0. The first-order valence-electron chi connectivity index (χ1n) is 7.48. The van der Waals surface area contributed by atoms with Crippen LogP contribution in [0.4, 0.5) is 0 Å². The van der Waals surface area contributed by atoms with Crippen LogP contribution in [0, 0.1) is 6.92 Å². The van der Waals surface area contributed by atoms with Crippen molar-refractivity contribution in [3.05, 3.63) is 84.1 Å². The number of benzene rings is 2. The number of nitrogens with zero attached hydrogens (tertiary/aromatic N) is 1.